The molecule has 5 heteroatoms. The molecule has 3 rings (SSSR count). The second kappa shape index (κ2) is 5.06. The number of rotatable bonds is 3. The van der Waals surface area contributed by atoms with E-state index in [0.29, 0.717) is 22.9 Å². The maximum absolute atomic E-state index is 12.4. The van der Waals surface area contributed by atoms with Crippen molar-refractivity contribution in [3.63, 3.8) is 0 Å². The zero-order chi connectivity index (χ0) is 14.1. The van der Waals surface area contributed by atoms with Gasteiger partial charge in [-0.2, -0.15) is 0 Å². The van der Waals surface area contributed by atoms with Gasteiger partial charge < -0.3 is 14.7 Å². The first kappa shape index (κ1) is 12.8. The van der Waals surface area contributed by atoms with E-state index in [-0.39, 0.29) is 5.91 Å². The SMILES string of the molecule is Cc1[nH]c2cccc(Cl)c2c1C(=O)NCc1ccco1. The van der Waals surface area contributed by atoms with Crippen molar-refractivity contribution in [2.45, 2.75) is 13.5 Å². The predicted molar refractivity (Wildman–Crippen MR) is 77.9 cm³/mol. The number of hydrogen-bond acceptors (Lipinski definition) is 2. The van der Waals surface area contributed by atoms with Gasteiger partial charge in [0.2, 0.25) is 0 Å². The van der Waals surface area contributed by atoms with Crippen molar-refractivity contribution >= 4 is 28.4 Å². The molecule has 1 aromatic carbocycles. The fraction of sp³-hybridized carbons (Fsp3) is 0.133. The molecular weight excluding hydrogens is 276 g/mol. The monoisotopic (exact) mass is 288 g/mol. The molecule has 0 saturated carbocycles. The van der Waals surface area contributed by atoms with E-state index >= 15 is 0 Å². The van der Waals surface area contributed by atoms with Gasteiger partial charge in [0.15, 0.2) is 0 Å². The van der Waals surface area contributed by atoms with Gasteiger partial charge in [0.25, 0.3) is 5.91 Å². The Balaban J connectivity index is 1.93. The van der Waals surface area contributed by atoms with Crippen molar-refractivity contribution in [1.29, 1.82) is 0 Å². The summed E-state index contributed by atoms with van der Waals surface area (Å²) in [7, 11) is 0. The summed E-state index contributed by atoms with van der Waals surface area (Å²) in [4.78, 5) is 15.5. The molecule has 0 aliphatic rings. The molecule has 2 heterocycles. The Labute approximate surface area is 120 Å². The minimum Gasteiger partial charge on any atom is -0.467 e. The third-order valence-corrected chi connectivity index (χ3v) is 3.51. The second-order valence-electron chi connectivity index (χ2n) is 4.55. The van der Waals surface area contributed by atoms with Crippen molar-refractivity contribution in [2.75, 3.05) is 0 Å². The van der Waals surface area contributed by atoms with E-state index in [4.69, 9.17) is 16.0 Å². The van der Waals surface area contributed by atoms with Crippen LogP contribution in [0, 0.1) is 6.92 Å². The Bertz CT molecular complexity index is 760. The fourth-order valence-electron chi connectivity index (χ4n) is 2.29. The average molecular weight is 289 g/mol. The topological polar surface area (TPSA) is 58.0 Å². The van der Waals surface area contributed by atoms with Gasteiger partial charge in [-0.3, -0.25) is 4.79 Å². The first-order valence-corrected chi connectivity index (χ1v) is 6.62. The van der Waals surface area contributed by atoms with Gasteiger partial charge in [0.05, 0.1) is 23.4 Å². The highest BCUT2D eigenvalue weighted by atomic mass is 35.5. The second-order valence-corrected chi connectivity index (χ2v) is 4.96. The molecule has 0 saturated heterocycles. The Morgan fingerprint density at radius 1 is 1.35 bits per heavy atom. The van der Waals surface area contributed by atoms with Crippen LogP contribution in [0.15, 0.2) is 41.0 Å². The Hall–Kier alpha value is -2.20. The van der Waals surface area contributed by atoms with Crippen LogP contribution in [0.4, 0.5) is 0 Å². The lowest BCUT2D eigenvalue weighted by Crippen LogP contribution is -2.23. The maximum atomic E-state index is 12.4. The molecular formula is C15H13ClN2O2. The van der Waals surface area contributed by atoms with Crippen LogP contribution in [0.25, 0.3) is 10.9 Å². The molecule has 102 valence electrons. The van der Waals surface area contributed by atoms with E-state index in [1.807, 2.05) is 25.1 Å². The number of aromatic nitrogens is 1. The summed E-state index contributed by atoms with van der Waals surface area (Å²) in [5, 5.41) is 4.15. The van der Waals surface area contributed by atoms with E-state index in [2.05, 4.69) is 10.3 Å². The molecule has 0 spiro atoms. The van der Waals surface area contributed by atoms with Gasteiger partial charge in [0.1, 0.15) is 5.76 Å². The maximum Gasteiger partial charge on any atom is 0.254 e. The van der Waals surface area contributed by atoms with Gasteiger partial charge in [0, 0.05) is 16.6 Å². The number of nitrogens with one attached hydrogen (secondary N) is 2. The van der Waals surface area contributed by atoms with Gasteiger partial charge >= 0.3 is 0 Å². The third kappa shape index (κ3) is 2.18. The van der Waals surface area contributed by atoms with Crippen LogP contribution in [0.1, 0.15) is 21.8 Å². The highest BCUT2D eigenvalue weighted by Gasteiger charge is 2.18. The largest absolute Gasteiger partial charge is 0.467 e. The number of hydrogen-bond donors (Lipinski definition) is 2. The standard InChI is InChI=1S/C15H13ClN2O2/c1-9-13(14-11(16)5-2-6-12(14)18-9)15(19)17-8-10-4-3-7-20-10/h2-7,18H,8H2,1H3,(H,17,19). The zero-order valence-corrected chi connectivity index (χ0v) is 11.6. The summed E-state index contributed by atoms with van der Waals surface area (Å²) >= 11 is 6.20. The molecule has 20 heavy (non-hydrogen) atoms. The molecule has 0 bridgehead atoms. The number of fused-ring (bicyclic) bond motifs is 1. The normalized spacial score (nSPS) is 10.9. The number of aryl methyl sites for hydroxylation is 1. The number of carbonyl (C=O) groups excluding carboxylic acids is 1. The summed E-state index contributed by atoms with van der Waals surface area (Å²) < 4.78 is 5.19. The van der Waals surface area contributed by atoms with Crippen LogP contribution in [-0.4, -0.2) is 10.9 Å². The summed E-state index contributed by atoms with van der Waals surface area (Å²) in [6, 6.07) is 9.13. The summed E-state index contributed by atoms with van der Waals surface area (Å²) in [5.41, 5.74) is 2.24. The first-order chi connectivity index (χ1) is 9.66. The van der Waals surface area contributed by atoms with Crippen molar-refractivity contribution in [3.8, 4) is 0 Å². The van der Waals surface area contributed by atoms with Crippen LogP contribution < -0.4 is 5.32 Å². The van der Waals surface area contributed by atoms with Gasteiger partial charge in [-0.1, -0.05) is 17.7 Å². The van der Waals surface area contributed by atoms with Crippen LogP contribution >= 0.6 is 11.6 Å². The van der Waals surface area contributed by atoms with E-state index in [1.54, 1.807) is 18.4 Å². The highest BCUT2D eigenvalue weighted by molar-refractivity contribution is 6.37. The Kier molecular flexibility index (Phi) is 3.24. The number of halogens is 1. The zero-order valence-electron chi connectivity index (χ0n) is 10.9. The number of benzene rings is 1. The minimum absolute atomic E-state index is 0.168. The van der Waals surface area contributed by atoms with E-state index in [1.165, 1.54) is 0 Å². The minimum atomic E-state index is -0.168. The molecule has 0 radical (unpaired) electrons. The molecule has 2 N–H and O–H groups in total. The number of aromatic amines is 1. The van der Waals surface area contributed by atoms with Crippen LogP contribution in [0.3, 0.4) is 0 Å². The lowest BCUT2D eigenvalue weighted by molar-refractivity contribution is 0.0949. The predicted octanol–water partition coefficient (Wildman–Crippen LogP) is 3.65. The fourth-order valence-corrected chi connectivity index (χ4v) is 2.56. The van der Waals surface area contributed by atoms with Gasteiger partial charge in [-0.15, -0.1) is 0 Å². The summed E-state index contributed by atoms with van der Waals surface area (Å²) in [5.74, 6) is 0.542. The first-order valence-electron chi connectivity index (χ1n) is 6.24. The third-order valence-electron chi connectivity index (χ3n) is 3.19. The molecule has 0 unspecified atom stereocenters. The Morgan fingerprint density at radius 3 is 2.95 bits per heavy atom. The number of furan rings is 1. The van der Waals surface area contributed by atoms with Crippen molar-refractivity contribution in [2.24, 2.45) is 0 Å². The summed E-state index contributed by atoms with van der Waals surface area (Å²) in [6.45, 7) is 2.21. The highest BCUT2D eigenvalue weighted by Crippen LogP contribution is 2.29. The average Bonchev–Trinajstić information content (AvgIpc) is 3.03. The van der Waals surface area contributed by atoms with E-state index < -0.39 is 0 Å². The molecule has 1 amide bonds. The van der Waals surface area contributed by atoms with Crippen LogP contribution in [-0.2, 0) is 6.54 Å². The number of carbonyl (C=O) groups is 1. The molecule has 0 atom stereocenters. The van der Waals surface area contributed by atoms with Crippen molar-refractivity contribution < 1.29 is 9.21 Å². The quantitative estimate of drug-likeness (QED) is 0.773. The molecule has 2 aromatic heterocycles. The van der Waals surface area contributed by atoms with Crippen molar-refractivity contribution in [3.05, 3.63) is 58.6 Å². The number of H-pyrrole nitrogens is 1. The Morgan fingerprint density at radius 2 is 2.20 bits per heavy atom. The van der Waals surface area contributed by atoms with Crippen molar-refractivity contribution in [1.82, 2.24) is 10.3 Å². The van der Waals surface area contributed by atoms with Gasteiger partial charge in [-0.25, -0.2) is 0 Å². The molecule has 0 aliphatic carbocycles. The van der Waals surface area contributed by atoms with Crippen LogP contribution in [0.2, 0.25) is 5.02 Å². The lowest BCUT2D eigenvalue weighted by Gasteiger charge is -2.04. The van der Waals surface area contributed by atoms with E-state index in [9.17, 15) is 4.79 Å². The van der Waals surface area contributed by atoms with Gasteiger partial charge in [-0.05, 0) is 31.2 Å². The smallest absolute Gasteiger partial charge is 0.254 e. The summed E-state index contributed by atoms with van der Waals surface area (Å²) in [6.07, 6.45) is 1.58. The molecule has 0 aliphatic heterocycles. The van der Waals surface area contributed by atoms with E-state index in [0.717, 1.165) is 16.6 Å². The lowest BCUT2D eigenvalue weighted by atomic mass is 10.1. The number of amides is 1. The van der Waals surface area contributed by atoms with Crippen LogP contribution in [0.5, 0.6) is 0 Å². The molecule has 0 fully saturated rings. The molecule has 3 aromatic rings. The molecule has 4 nitrogen and oxygen atoms in total.